The van der Waals surface area contributed by atoms with Crippen LogP contribution in [-0.2, 0) is 6.42 Å². The first-order chi connectivity index (χ1) is 9.69. The zero-order valence-corrected chi connectivity index (χ0v) is 13.5. The Kier molecular flexibility index (Phi) is 6.04. The lowest BCUT2D eigenvalue weighted by atomic mass is 10.2. The zero-order chi connectivity index (χ0) is 14.4. The molecule has 0 saturated carbocycles. The molecule has 0 bridgehead atoms. The van der Waals surface area contributed by atoms with Crippen molar-refractivity contribution in [3.63, 3.8) is 0 Å². The van der Waals surface area contributed by atoms with E-state index in [1.807, 2.05) is 30.0 Å². The third-order valence-electron chi connectivity index (χ3n) is 2.91. The molecule has 2 aromatic rings. The van der Waals surface area contributed by atoms with Gasteiger partial charge in [0.25, 0.3) is 0 Å². The Labute approximate surface area is 129 Å². The van der Waals surface area contributed by atoms with Crippen LogP contribution in [0.3, 0.4) is 0 Å². The number of thiazole rings is 1. The summed E-state index contributed by atoms with van der Waals surface area (Å²) in [6.07, 6.45) is 0.883. The van der Waals surface area contributed by atoms with Gasteiger partial charge in [-0.1, -0.05) is 44.2 Å². The van der Waals surface area contributed by atoms with Gasteiger partial charge < -0.3 is 0 Å². The van der Waals surface area contributed by atoms with Crippen LogP contribution in [0.4, 0.5) is 0 Å². The summed E-state index contributed by atoms with van der Waals surface area (Å²) in [5.41, 5.74) is 5.12. The number of nitrogens with zero attached hydrogens (tertiary/aromatic N) is 1. The second-order valence-corrected chi connectivity index (χ2v) is 7.49. The van der Waals surface area contributed by atoms with Crippen LogP contribution in [0.5, 0.6) is 0 Å². The van der Waals surface area contributed by atoms with E-state index in [-0.39, 0.29) is 6.04 Å². The average molecular weight is 307 g/mol. The molecule has 0 saturated heterocycles. The molecule has 0 radical (unpaired) electrons. The number of nitrogens with two attached hydrogens (primary N) is 1. The van der Waals surface area contributed by atoms with Crippen molar-refractivity contribution in [2.24, 2.45) is 5.84 Å². The summed E-state index contributed by atoms with van der Waals surface area (Å²) in [6, 6.07) is 10.6. The Morgan fingerprint density at radius 1 is 1.30 bits per heavy atom. The quantitative estimate of drug-likeness (QED) is 0.608. The van der Waals surface area contributed by atoms with E-state index < -0.39 is 0 Å². The van der Waals surface area contributed by atoms with Crippen molar-refractivity contribution in [1.29, 1.82) is 0 Å². The average Bonchev–Trinajstić information content (AvgIpc) is 2.92. The molecule has 108 valence electrons. The fourth-order valence-electron chi connectivity index (χ4n) is 1.83. The Morgan fingerprint density at radius 2 is 2.05 bits per heavy atom. The summed E-state index contributed by atoms with van der Waals surface area (Å²) >= 11 is 3.63. The number of aromatic nitrogens is 1. The van der Waals surface area contributed by atoms with Crippen molar-refractivity contribution >= 4 is 23.1 Å². The van der Waals surface area contributed by atoms with Crippen LogP contribution in [0.15, 0.2) is 35.7 Å². The van der Waals surface area contributed by atoms with Gasteiger partial charge in [0.2, 0.25) is 0 Å². The summed E-state index contributed by atoms with van der Waals surface area (Å²) in [5.74, 6) is 6.65. The molecule has 0 aliphatic rings. The Balaban J connectivity index is 1.98. The van der Waals surface area contributed by atoms with E-state index in [0.717, 1.165) is 22.9 Å². The van der Waals surface area contributed by atoms with E-state index in [1.54, 1.807) is 11.3 Å². The molecule has 0 amide bonds. The van der Waals surface area contributed by atoms with Crippen LogP contribution in [-0.4, -0.2) is 22.0 Å². The minimum absolute atomic E-state index is 0.275. The second kappa shape index (κ2) is 7.78. The van der Waals surface area contributed by atoms with E-state index >= 15 is 0 Å². The molecule has 1 aromatic carbocycles. The topological polar surface area (TPSA) is 50.9 Å². The second-order valence-electron chi connectivity index (χ2n) is 4.94. The monoisotopic (exact) mass is 307 g/mol. The van der Waals surface area contributed by atoms with E-state index in [4.69, 9.17) is 10.8 Å². The fraction of sp³-hybridized carbons (Fsp3) is 0.400. The Hall–Kier alpha value is -0.880. The van der Waals surface area contributed by atoms with Crippen LogP contribution in [0, 0.1) is 0 Å². The largest absolute Gasteiger partial charge is 0.271 e. The minimum atomic E-state index is 0.275. The third kappa shape index (κ3) is 4.59. The van der Waals surface area contributed by atoms with Crippen LogP contribution < -0.4 is 11.3 Å². The third-order valence-corrected chi connectivity index (χ3v) is 5.04. The maximum Gasteiger partial charge on any atom is 0.0948 e. The summed E-state index contributed by atoms with van der Waals surface area (Å²) in [5, 5.41) is 3.88. The molecular weight excluding hydrogens is 286 g/mol. The molecule has 20 heavy (non-hydrogen) atoms. The first-order valence-electron chi connectivity index (χ1n) is 6.76. The van der Waals surface area contributed by atoms with Gasteiger partial charge in [-0.3, -0.25) is 11.3 Å². The molecule has 0 spiro atoms. The predicted octanol–water partition coefficient (Wildman–Crippen LogP) is 3.33. The van der Waals surface area contributed by atoms with Gasteiger partial charge in [-0.25, -0.2) is 4.98 Å². The lowest BCUT2D eigenvalue weighted by Gasteiger charge is -2.15. The van der Waals surface area contributed by atoms with Gasteiger partial charge in [-0.2, -0.15) is 11.8 Å². The maximum atomic E-state index is 5.64. The first kappa shape index (κ1) is 15.5. The number of hydrogen-bond acceptors (Lipinski definition) is 5. The molecule has 3 N–H and O–H groups in total. The van der Waals surface area contributed by atoms with Crippen LogP contribution in [0.2, 0.25) is 0 Å². The standard InChI is InChI=1S/C15H21N3S2/c1-11(2)19-9-13(18-16)8-15-17-14(10-20-15)12-6-4-3-5-7-12/h3-7,10-11,13,18H,8-9,16H2,1-2H3. The summed E-state index contributed by atoms with van der Waals surface area (Å²) in [6.45, 7) is 4.41. The first-order valence-corrected chi connectivity index (χ1v) is 8.69. The maximum absolute atomic E-state index is 5.64. The molecule has 2 rings (SSSR count). The van der Waals surface area contributed by atoms with Crippen molar-refractivity contribution in [3.8, 4) is 11.3 Å². The molecular formula is C15H21N3S2. The molecule has 1 unspecified atom stereocenters. The molecule has 5 heteroatoms. The number of rotatable bonds is 7. The predicted molar refractivity (Wildman–Crippen MR) is 90.0 cm³/mol. The smallest absolute Gasteiger partial charge is 0.0948 e. The number of thioether (sulfide) groups is 1. The van der Waals surface area contributed by atoms with Crippen molar-refractivity contribution < 1.29 is 0 Å². The lowest BCUT2D eigenvalue weighted by molar-refractivity contribution is 0.574. The van der Waals surface area contributed by atoms with Gasteiger partial charge in [-0.15, -0.1) is 11.3 Å². The Morgan fingerprint density at radius 3 is 2.70 bits per heavy atom. The van der Waals surface area contributed by atoms with Crippen molar-refractivity contribution in [1.82, 2.24) is 10.4 Å². The fourth-order valence-corrected chi connectivity index (χ4v) is 3.55. The molecule has 1 heterocycles. The number of hydrogen-bond donors (Lipinski definition) is 2. The highest BCUT2D eigenvalue weighted by atomic mass is 32.2. The van der Waals surface area contributed by atoms with E-state index in [1.165, 1.54) is 5.56 Å². The highest BCUT2D eigenvalue weighted by Crippen LogP contribution is 2.23. The highest BCUT2D eigenvalue weighted by Gasteiger charge is 2.12. The van der Waals surface area contributed by atoms with Gasteiger partial charge in [0, 0.05) is 29.2 Å². The van der Waals surface area contributed by atoms with Gasteiger partial charge in [0.15, 0.2) is 0 Å². The van der Waals surface area contributed by atoms with Crippen molar-refractivity contribution in [2.75, 3.05) is 5.75 Å². The molecule has 0 fully saturated rings. The molecule has 3 nitrogen and oxygen atoms in total. The van der Waals surface area contributed by atoms with Gasteiger partial charge in [0.1, 0.15) is 0 Å². The van der Waals surface area contributed by atoms with Gasteiger partial charge >= 0.3 is 0 Å². The number of nitrogens with one attached hydrogen (secondary N) is 1. The minimum Gasteiger partial charge on any atom is -0.271 e. The lowest BCUT2D eigenvalue weighted by Crippen LogP contribution is -2.39. The van der Waals surface area contributed by atoms with Gasteiger partial charge in [-0.05, 0) is 5.25 Å². The van der Waals surface area contributed by atoms with E-state index in [0.29, 0.717) is 5.25 Å². The molecule has 0 aliphatic heterocycles. The zero-order valence-electron chi connectivity index (χ0n) is 11.9. The summed E-state index contributed by atoms with van der Waals surface area (Å²) in [4.78, 5) is 4.71. The SMILES string of the molecule is CC(C)SCC(Cc1nc(-c2ccccc2)cs1)NN. The molecule has 1 atom stereocenters. The molecule has 1 aromatic heterocycles. The van der Waals surface area contributed by atoms with Gasteiger partial charge in [0.05, 0.1) is 10.7 Å². The summed E-state index contributed by atoms with van der Waals surface area (Å²) < 4.78 is 0. The summed E-state index contributed by atoms with van der Waals surface area (Å²) in [7, 11) is 0. The van der Waals surface area contributed by atoms with Crippen LogP contribution >= 0.6 is 23.1 Å². The van der Waals surface area contributed by atoms with Crippen molar-refractivity contribution in [3.05, 3.63) is 40.7 Å². The van der Waals surface area contributed by atoms with Crippen molar-refractivity contribution in [2.45, 2.75) is 31.6 Å². The number of hydrazine groups is 1. The van der Waals surface area contributed by atoms with Crippen LogP contribution in [0.25, 0.3) is 11.3 Å². The van der Waals surface area contributed by atoms with E-state index in [2.05, 4.69) is 36.8 Å². The highest BCUT2D eigenvalue weighted by molar-refractivity contribution is 7.99. The van der Waals surface area contributed by atoms with Crippen LogP contribution in [0.1, 0.15) is 18.9 Å². The Bertz CT molecular complexity index is 511. The normalized spacial score (nSPS) is 12.8. The molecule has 0 aliphatic carbocycles. The van der Waals surface area contributed by atoms with E-state index in [9.17, 15) is 0 Å². The number of benzene rings is 1.